The van der Waals surface area contributed by atoms with Crippen molar-refractivity contribution in [2.24, 2.45) is 7.05 Å². The fourth-order valence-corrected chi connectivity index (χ4v) is 1.69. The van der Waals surface area contributed by atoms with Crippen LogP contribution in [0.3, 0.4) is 0 Å². The van der Waals surface area contributed by atoms with Gasteiger partial charge >= 0.3 is 0 Å². The van der Waals surface area contributed by atoms with E-state index in [-0.39, 0.29) is 11.7 Å². The highest BCUT2D eigenvalue weighted by atomic mass is 19.1. The van der Waals surface area contributed by atoms with E-state index in [2.05, 4.69) is 10.4 Å². The molecular formula is C15H16FN3O. The summed E-state index contributed by atoms with van der Waals surface area (Å²) in [6.45, 7) is 2.00. The summed E-state index contributed by atoms with van der Waals surface area (Å²) in [5.41, 5.74) is 2.18. The fourth-order valence-electron chi connectivity index (χ4n) is 1.69. The summed E-state index contributed by atoms with van der Waals surface area (Å²) < 4.78 is 15.0. The second kappa shape index (κ2) is 6.14. The third-order valence-corrected chi connectivity index (χ3v) is 2.85. The van der Waals surface area contributed by atoms with E-state index in [1.807, 2.05) is 7.05 Å². The first kappa shape index (κ1) is 14.0. The van der Waals surface area contributed by atoms with Gasteiger partial charge in [0.2, 0.25) is 5.91 Å². The molecule has 0 aliphatic heterocycles. The molecule has 0 unspecified atom stereocenters. The van der Waals surface area contributed by atoms with Crippen molar-refractivity contribution in [3.05, 3.63) is 59.2 Å². The molecular weight excluding hydrogens is 257 g/mol. The molecule has 5 heteroatoms. The van der Waals surface area contributed by atoms with Crippen LogP contribution in [-0.2, 0) is 18.4 Å². The topological polar surface area (TPSA) is 46.9 Å². The molecule has 0 bridgehead atoms. The SMILES string of the molecule is Cc1ccc(CNC(=O)C=Cc2cnn(C)c2)cc1F. The number of carbonyl (C=O) groups is 1. The van der Waals surface area contributed by atoms with Gasteiger partial charge in [0.05, 0.1) is 6.20 Å². The minimum atomic E-state index is -0.261. The Kier molecular flexibility index (Phi) is 4.30. The maximum atomic E-state index is 13.3. The van der Waals surface area contributed by atoms with Crippen molar-refractivity contribution in [3.8, 4) is 0 Å². The summed E-state index contributed by atoms with van der Waals surface area (Å²) >= 11 is 0. The number of amides is 1. The van der Waals surface area contributed by atoms with Crippen molar-refractivity contribution < 1.29 is 9.18 Å². The van der Waals surface area contributed by atoms with Crippen molar-refractivity contribution in [3.63, 3.8) is 0 Å². The predicted molar refractivity (Wildman–Crippen MR) is 75.2 cm³/mol. The Morgan fingerprint density at radius 1 is 1.50 bits per heavy atom. The summed E-state index contributed by atoms with van der Waals surface area (Å²) in [6, 6.07) is 4.92. The summed E-state index contributed by atoms with van der Waals surface area (Å²) in [5.74, 6) is -0.488. The zero-order valence-corrected chi connectivity index (χ0v) is 11.4. The molecule has 2 rings (SSSR count). The summed E-state index contributed by atoms with van der Waals surface area (Å²) in [5, 5.41) is 6.70. The molecule has 0 aliphatic rings. The number of hydrogen-bond donors (Lipinski definition) is 1. The average molecular weight is 273 g/mol. The number of nitrogens with one attached hydrogen (secondary N) is 1. The lowest BCUT2D eigenvalue weighted by Crippen LogP contribution is -2.20. The molecule has 1 heterocycles. The second-order valence-electron chi connectivity index (χ2n) is 4.58. The molecule has 0 saturated carbocycles. The molecule has 0 aliphatic carbocycles. The summed E-state index contributed by atoms with van der Waals surface area (Å²) in [6.07, 6.45) is 6.58. The van der Waals surface area contributed by atoms with E-state index in [9.17, 15) is 9.18 Å². The molecule has 0 radical (unpaired) electrons. The molecule has 1 amide bonds. The standard InChI is InChI=1S/C15H16FN3O/c1-11-3-4-12(7-14(11)16)8-17-15(20)6-5-13-9-18-19(2)10-13/h3-7,9-10H,8H2,1-2H3,(H,17,20). The molecule has 20 heavy (non-hydrogen) atoms. The molecule has 104 valence electrons. The molecule has 0 atom stereocenters. The van der Waals surface area contributed by atoms with Gasteiger partial charge in [0.25, 0.3) is 0 Å². The Morgan fingerprint density at radius 2 is 2.30 bits per heavy atom. The maximum absolute atomic E-state index is 13.3. The Morgan fingerprint density at radius 3 is 2.95 bits per heavy atom. The molecule has 1 N–H and O–H groups in total. The Labute approximate surface area is 116 Å². The normalized spacial score (nSPS) is 10.9. The van der Waals surface area contributed by atoms with Gasteiger partial charge in [0, 0.05) is 31.4 Å². The van der Waals surface area contributed by atoms with Gasteiger partial charge in [0.15, 0.2) is 0 Å². The van der Waals surface area contributed by atoms with E-state index in [1.54, 1.807) is 42.2 Å². The lowest BCUT2D eigenvalue weighted by molar-refractivity contribution is -0.116. The molecule has 2 aromatic rings. The highest BCUT2D eigenvalue weighted by Crippen LogP contribution is 2.08. The number of carbonyl (C=O) groups excluding carboxylic acids is 1. The van der Waals surface area contributed by atoms with E-state index < -0.39 is 0 Å². The Hall–Kier alpha value is -2.43. The fraction of sp³-hybridized carbons (Fsp3) is 0.200. The van der Waals surface area contributed by atoms with Crippen LogP contribution in [0.25, 0.3) is 6.08 Å². The molecule has 1 aromatic heterocycles. The number of hydrogen-bond acceptors (Lipinski definition) is 2. The van der Waals surface area contributed by atoms with Gasteiger partial charge in [-0.05, 0) is 30.2 Å². The minimum Gasteiger partial charge on any atom is -0.348 e. The van der Waals surface area contributed by atoms with Crippen molar-refractivity contribution in [1.29, 1.82) is 0 Å². The third-order valence-electron chi connectivity index (χ3n) is 2.85. The number of benzene rings is 1. The van der Waals surface area contributed by atoms with Gasteiger partial charge in [-0.1, -0.05) is 12.1 Å². The first-order chi connectivity index (χ1) is 9.54. The van der Waals surface area contributed by atoms with Crippen molar-refractivity contribution in [1.82, 2.24) is 15.1 Å². The van der Waals surface area contributed by atoms with Gasteiger partial charge in [-0.25, -0.2) is 4.39 Å². The number of rotatable bonds is 4. The van der Waals surface area contributed by atoms with E-state index in [4.69, 9.17) is 0 Å². The van der Waals surface area contributed by atoms with Crippen LogP contribution < -0.4 is 5.32 Å². The summed E-state index contributed by atoms with van der Waals surface area (Å²) in [7, 11) is 1.81. The number of halogens is 1. The number of aromatic nitrogens is 2. The van der Waals surface area contributed by atoms with E-state index in [1.165, 1.54) is 12.1 Å². The smallest absolute Gasteiger partial charge is 0.244 e. The van der Waals surface area contributed by atoms with Gasteiger partial charge < -0.3 is 5.32 Å². The first-order valence-corrected chi connectivity index (χ1v) is 6.24. The van der Waals surface area contributed by atoms with Crippen molar-refractivity contribution >= 4 is 12.0 Å². The van der Waals surface area contributed by atoms with E-state index in [0.717, 1.165) is 11.1 Å². The molecule has 0 fully saturated rings. The van der Waals surface area contributed by atoms with E-state index >= 15 is 0 Å². The first-order valence-electron chi connectivity index (χ1n) is 6.24. The van der Waals surface area contributed by atoms with Gasteiger partial charge in [0.1, 0.15) is 5.82 Å². The molecule has 1 aromatic carbocycles. The highest BCUT2D eigenvalue weighted by molar-refractivity contribution is 5.91. The Balaban J connectivity index is 1.88. The van der Waals surface area contributed by atoms with Crippen molar-refractivity contribution in [2.75, 3.05) is 0 Å². The number of nitrogens with zero attached hydrogens (tertiary/aromatic N) is 2. The number of aryl methyl sites for hydroxylation is 2. The zero-order chi connectivity index (χ0) is 14.5. The van der Waals surface area contributed by atoms with Crippen LogP contribution in [0.15, 0.2) is 36.7 Å². The van der Waals surface area contributed by atoms with E-state index in [0.29, 0.717) is 12.1 Å². The highest BCUT2D eigenvalue weighted by Gasteiger charge is 2.01. The van der Waals surface area contributed by atoms with Crippen LogP contribution >= 0.6 is 0 Å². The van der Waals surface area contributed by atoms with Crippen LogP contribution in [0.2, 0.25) is 0 Å². The minimum absolute atomic E-state index is 0.227. The van der Waals surface area contributed by atoms with Gasteiger partial charge in [-0.3, -0.25) is 9.48 Å². The predicted octanol–water partition coefficient (Wildman–Crippen LogP) is 2.20. The van der Waals surface area contributed by atoms with Crippen LogP contribution in [0.4, 0.5) is 4.39 Å². The van der Waals surface area contributed by atoms with Crippen LogP contribution in [0, 0.1) is 12.7 Å². The average Bonchev–Trinajstić information content (AvgIpc) is 2.83. The molecule has 0 saturated heterocycles. The van der Waals surface area contributed by atoms with Crippen molar-refractivity contribution in [2.45, 2.75) is 13.5 Å². The largest absolute Gasteiger partial charge is 0.348 e. The zero-order valence-electron chi connectivity index (χ0n) is 11.4. The lowest BCUT2D eigenvalue weighted by Gasteiger charge is -2.04. The van der Waals surface area contributed by atoms with Crippen LogP contribution in [0.5, 0.6) is 0 Å². The Bertz CT molecular complexity index is 646. The maximum Gasteiger partial charge on any atom is 0.244 e. The van der Waals surface area contributed by atoms with Gasteiger partial charge in [-0.2, -0.15) is 5.10 Å². The van der Waals surface area contributed by atoms with Crippen LogP contribution in [-0.4, -0.2) is 15.7 Å². The molecule has 0 spiro atoms. The van der Waals surface area contributed by atoms with Gasteiger partial charge in [-0.15, -0.1) is 0 Å². The monoisotopic (exact) mass is 273 g/mol. The third kappa shape index (κ3) is 3.78. The summed E-state index contributed by atoms with van der Waals surface area (Å²) in [4.78, 5) is 11.6. The van der Waals surface area contributed by atoms with Crippen LogP contribution in [0.1, 0.15) is 16.7 Å². The lowest BCUT2D eigenvalue weighted by atomic mass is 10.1. The molecule has 4 nitrogen and oxygen atoms in total. The quantitative estimate of drug-likeness (QED) is 0.868. The second-order valence-corrected chi connectivity index (χ2v) is 4.58.